The number of aliphatic carboxylic acids is 1. The summed E-state index contributed by atoms with van der Waals surface area (Å²) in [5.74, 6) is -1.10. The molecule has 2 aromatic rings. The molecule has 2 saturated carbocycles. The minimum absolute atomic E-state index is 0.0546. The van der Waals surface area contributed by atoms with Gasteiger partial charge in [0.2, 0.25) is 0 Å². The van der Waals surface area contributed by atoms with Crippen molar-refractivity contribution >= 4 is 17.8 Å². The van der Waals surface area contributed by atoms with Gasteiger partial charge in [0.05, 0.1) is 19.1 Å². The van der Waals surface area contributed by atoms with Crippen LogP contribution in [0, 0.1) is 11.8 Å². The summed E-state index contributed by atoms with van der Waals surface area (Å²) in [6, 6.07) is 10.8. The van der Waals surface area contributed by atoms with E-state index >= 15 is 0 Å². The molecule has 3 N–H and O–H groups in total. The van der Waals surface area contributed by atoms with Crippen molar-refractivity contribution in [2.24, 2.45) is 11.8 Å². The van der Waals surface area contributed by atoms with E-state index in [9.17, 15) is 19.5 Å². The molecule has 12 heteroatoms. The molecule has 6 rings (SSSR count). The smallest absolute Gasteiger partial charge is 0.351 e. The lowest BCUT2D eigenvalue weighted by Gasteiger charge is -2.29. The van der Waals surface area contributed by atoms with Crippen LogP contribution in [0.5, 0.6) is 0 Å². The molecule has 0 spiro atoms. The van der Waals surface area contributed by atoms with E-state index in [1.807, 2.05) is 30.3 Å². The van der Waals surface area contributed by atoms with Crippen molar-refractivity contribution in [3.8, 4) is 0 Å². The highest BCUT2D eigenvalue weighted by molar-refractivity contribution is 5.88. The molecule has 0 bridgehead atoms. The number of anilines is 1. The van der Waals surface area contributed by atoms with Crippen LogP contribution in [0.15, 0.2) is 47.4 Å². The zero-order valence-electron chi connectivity index (χ0n) is 22.0. The molecule has 3 unspecified atom stereocenters. The van der Waals surface area contributed by atoms with Crippen molar-refractivity contribution in [3.05, 3.63) is 58.6 Å². The monoisotopic (exact) mass is 554 g/mol. The van der Waals surface area contributed by atoms with E-state index in [0.29, 0.717) is 13.0 Å². The molecule has 4 aliphatic rings. The third kappa shape index (κ3) is 5.90. The van der Waals surface area contributed by atoms with Gasteiger partial charge in [0, 0.05) is 17.8 Å². The Morgan fingerprint density at radius 1 is 1.00 bits per heavy atom. The maximum atomic E-state index is 13.0. The van der Waals surface area contributed by atoms with Crippen LogP contribution < -0.4 is 16.3 Å². The van der Waals surface area contributed by atoms with Gasteiger partial charge < -0.3 is 29.4 Å². The maximum Gasteiger partial charge on any atom is 0.351 e. The number of hydrogen-bond acceptors (Lipinski definition) is 8. The van der Waals surface area contributed by atoms with E-state index in [1.165, 1.54) is 16.8 Å². The zero-order valence-corrected chi connectivity index (χ0v) is 22.0. The number of carbonyl (C=O) groups excluding carboxylic acids is 1. The second-order valence-corrected chi connectivity index (χ2v) is 10.9. The minimum Gasteiger partial charge on any atom is -0.481 e. The second-order valence-electron chi connectivity index (χ2n) is 10.9. The molecule has 1 aromatic heterocycles. The predicted molar refractivity (Wildman–Crippen MR) is 140 cm³/mol. The number of carboxylic acids is 1. The Kier molecular flexibility index (Phi) is 7.83. The van der Waals surface area contributed by atoms with Crippen molar-refractivity contribution in [3.63, 3.8) is 0 Å². The quantitative estimate of drug-likeness (QED) is 0.425. The summed E-state index contributed by atoms with van der Waals surface area (Å²) in [7, 11) is 0. The number of carbonyl (C=O) groups is 2. The molecule has 7 atom stereocenters. The molecular formula is C28H34N4O8. The SMILES string of the molecule is O=C(Nc1ccn([C@@H]2O[C@H](COCC3CCCCC3C(=O)O)C3O[C@H](c4ccccc4)O[C@@H]32)c(=O)n1)NC1CC1. The molecule has 214 valence electrons. The number of urea groups is 1. The first-order valence-electron chi connectivity index (χ1n) is 13.9. The highest BCUT2D eigenvalue weighted by atomic mass is 16.8. The number of amides is 2. The Hall–Kier alpha value is -3.32. The third-order valence-corrected chi connectivity index (χ3v) is 8.02. The number of ether oxygens (including phenoxy) is 4. The number of aromatic nitrogens is 2. The molecule has 2 aliphatic carbocycles. The van der Waals surface area contributed by atoms with Crippen molar-refractivity contribution in [1.82, 2.24) is 14.9 Å². The Labute approximate surface area is 231 Å². The van der Waals surface area contributed by atoms with E-state index in [1.54, 1.807) is 0 Å². The number of carboxylic acid groups (broad SMARTS) is 1. The van der Waals surface area contributed by atoms with Crippen molar-refractivity contribution < 1.29 is 33.6 Å². The fourth-order valence-corrected chi connectivity index (χ4v) is 5.77. The summed E-state index contributed by atoms with van der Waals surface area (Å²) >= 11 is 0. The van der Waals surface area contributed by atoms with E-state index < -0.39 is 54.4 Å². The van der Waals surface area contributed by atoms with Crippen LogP contribution in [0.1, 0.15) is 56.6 Å². The topological polar surface area (TPSA) is 150 Å². The minimum atomic E-state index is -0.830. The zero-order chi connectivity index (χ0) is 27.6. The van der Waals surface area contributed by atoms with Gasteiger partial charge in [0.25, 0.3) is 0 Å². The van der Waals surface area contributed by atoms with Crippen molar-refractivity contribution in [1.29, 1.82) is 0 Å². The first-order valence-corrected chi connectivity index (χ1v) is 13.9. The second kappa shape index (κ2) is 11.7. The van der Waals surface area contributed by atoms with Gasteiger partial charge in [-0.3, -0.25) is 14.7 Å². The van der Waals surface area contributed by atoms with Gasteiger partial charge in [-0.2, -0.15) is 4.98 Å². The van der Waals surface area contributed by atoms with Gasteiger partial charge in [-0.15, -0.1) is 0 Å². The lowest BCUT2D eigenvalue weighted by molar-refractivity contribution is -0.161. The number of fused-ring (bicyclic) bond motifs is 1. The number of nitrogens with one attached hydrogen (secondary N) is 2. The molecule has 0 radical (unpaired) electrons. The number of benzene rings is 1. The van der Waals surface area contributed by atoms with Gasteiger partial charge in [0.1, 0.15) is 24.1 Å². The van der Waals surface area contributed by atoms with Crippen molar-refractivity contribution in [2.45, 2.75) is 75.4 Å². The summed E-state index contributed by atoms with van der Waals surface area (Å²) in [4.78, 5) is 40.8. The summed E-state index contributed by atoms with van der Waals surface area (Å²) in [5.41, 5.74) is 0.237. The Morgan fingerprint density at radius 3 is 2.52 bits per heavy atom. The van der Waals surface area contributed by atoms with Crippen molar-refractivity contribution in [2.75, 3.05) is 18.5 Å². The molecule has 2 aliphatic heterocycles. The van der Waals surface area contributed by atoms with Crippen LogP contribution in [-0.4, -0.2) is 64.2 Å². The van der Waals surface area contributed by atoms with Crippen LogP contribution >= 0.6 is 0 Å². The van der Waals surface area contributed by atoms with Gasteiger partial charge in [-0.05, 0) is 37.7 Å². The molecule has 12 nitrogen and oxygen atoms in total. The molecule has 2 saturated heterocycles. The molecular weight excluding hydrogens is 520 g/mol. The van der Waals surface area contributed by atoms with Crippen LogP contribution in [0.4, 0.5) is 10.6 Å². The average Bonchev–Trinajstić information content (AvgIpc) is 3.54. The predicted octanol–water partition coefficient (Wildman–Crippen LogP) is 2.82. The van der Waals surface area contributed by atoms with E-state index in [0.717, 1.165) is 37.7 Å². The van der Waals surface area contributed by atoms with Gasteiger partial charge in [-0.25, -0.2) is 9.59 Å². The van der Waals surface area contributed by atoms with E-state index in [2.05, 4.69) is 15.6 Å². The van der Waals surface area contributed by atoms with Gasteiger partial charge >= 0.3 is 17.7 Å². The molecule has 4 fully saturated rings. The molecule has 40 heavy (non-hydrogen) atoms. The van der Waals surface area contributed by atoms with Crippen LogP contribution in [-0.2, 0) is 23.7 Å². The highest BCUT2D eigenvalue weighted by Gasteiger charge is 2.54. The normalized spacial score (nSPS) is 31.4. The van der Waals surface area contributed by atoms with Crippen LogP contribution in [0.2, 0.25) is 0 Å². The van der Waals surface area contributed by atoms with Crippen LogP contribution in [0.25, 0.3) is 0 Å². The number of hydrogen-bond donors (Lipinski definition) is 3. The first kappa shape index (κ1) is 26.9. The molecule has 1 aromatic carbocycles. The summed E-state index contributed by atoms with van der Waals surface area (Å²) in [6.07, 6.45) is 3.63. The summed E-state index contributed by atoms with van der Waals surface area (Å²) in [6.45, 7) is 0.473. The molecule has 3 heterocycles. The summed E-state index contributed by atoms with van der Waals surface area (Å²) < 4.78 is 26.2. The Bertz CT molecular complexity index is 1270. The standard InChI is InChI=1S/C28H34N4O8/c33-25(34)19-9-5-4-8-17(19)14-37-15-20-22-23(40-26(39-22)16-6-2-1-3-7-16)24(38-20)32-13-12-21(31-28(32)36)30-27(35)29-18-10-11-18/h1-3,6-7,12-13,17-20,22-24,26H,4-5,8-11,14-15H2,(H,33,34)(H2,29,30,31,35,36)/t17?,19?,20-,22?,23+,24-,26+/m1/s1. The fraction of sp³-hybridized carbons (Fsp3) is 0.571. The lowest BCUT2D eigenvalue weighted by atomic mass is 9.80. The van der Waals surface area contributed by atoms with E-state index in [4.69, 9.17) is 18.9 Å². The average molecular weight is 555 g/mol. The largest absolute Gasteiger partial charge is 0.481 e. The van der Waals surface area contributed by atoms with Crippen LogP contribution in [0.3, 0.4) is 0 Å². The maximum absolute atomic E-state index is 13.0. The first-order chi connectivity index (χ1) is 19.5. The lowest BCUT2D eigenvalue weighted by Crippen LogP contribution is -2.36. The van der Waals surface area contributed by atoms with Gasteiger partial charge in [0.15, 0.2) is 12.5 Å². The molecule has 2 amide bonds. The highest BCUT2D eigenvalue weighted by Crippen LogP contribution is 2.44. The van der Waals surface area contributed by atoms with Gasteiger partial charge in [-0.1, -0.05) is 43.2 Å². The fourth-order valence-electron chi connectivity index (χ4n) is 5.77. The Balaban J connectivity index is 1.16. The Morgan fingerprint density at radius 2 is 1.77 bits per heavy atom. The number of nitrogens with zero attached hydrogens (tertiary/aromatic N) is 2. The summed E-state index contributed by atoms with van der Waals surface area (Å²) in [5, 5.41) is 15.0. The third-order valence-electron chi connectivity index (χ3n) is 8.02. The number of rotatable bonds is 9. The van der Waals surface area contributed by atoms with E-state index in [-0.39, 0.29) is 24.4 Å².